The SMILES string of the molecule is CC1(C)CN(c2ccc(N)cc2C#N)C1. The topological polar surface area (TPSA) is 53.0 Å². The van der Waals surface area contributed by atoms with Crippen molar-refractivity contribution in [1.82, 2.24) is 0 Å². The average Bonchev–Trinajstić information content (AvgIpc) is 2.14. The molecule has 1 aliphatic heterocycles. The van der Waals surface area contributed by atoms with Crippen LogP contribution in [0.25, 0.3) is 0 Å². The molecule has 0 unspecified atom stereocenters. The molecule has 3 nitrogen and oxygen atoms in total. The summed E-state index contributed by atoms with van der Waals surface area (Å²) in [4.78, 5) is 2.22. The quantitative estimate of drug-likeness (QED) is 0.707. The Kier molecular flexibility index (Phi) is 2.08. The van der Waals surface area contributed by atoms with Crippen molar-refractivity contribution < 1.29 is 0 Å². The first-order valence-corrected chi connectivity index (χ1v) is 5.06. The summed E-state index contributed by atoms with van der Waals surface area (Å²) in [6.45, 7) is 6.47. The fraction of sp³-hybridized carbons (Fsp3) is 0.417. The third-order valence-corrected chi connectivity index (χ3v) is 2.72. The Bertz CT molecular complexity index is 421. The van der Waals surface area contributed by atoms with E-state index >= 15 is 0 Å². The van der Waals surface area contributed by atoms with Crippen LogP contribution in [0.3, 0.4) is 0 Å². The maximum Gasteiger partial charge on any atom is 0.101 e. The van der Waals surface area contributed by atoms with E-state index in [-0.39, 0.29) is 0 Å². The minimum absolute atomic E-state index is 0.369. The van der Waals surface area contributed by atoms with E-state index in [4.69, 9.17) is 11.0 Å². The summed E-state index contributed by atoms with van der Waals surface area (Å²) in [5.74, 6) is 0. The highest BCUT2D eigenvalue weighted by Gasteiger charge is 2.35. The van der Waals surface area contributed by atoms with Gasteiger partial charge in [0.25, 0.3) is 0 Å². The van der Waals surface area contributed by atoms with Gasteiger partial charge in [0, 0.05) is 18.8 Å². The van der Waals surface area contributed by atoms with E-state index in [1.807, 2.05) is 12.1 Å². The van der Waals surface area contributed by atoms with Gasteiger partial charge in [-0.15, -0.1) is 0 Å². The van der Waals surface area contributed by atoms with Crippen LogP contribution in [0.15, 0.2) is 18.2 Å². The Morgan fingerprint density at radius 1 is 1.40 bits per heavy atom. The normalized spacial score (nSPS) is 18.1. The number of rotatable bonds is 1. The molecule has 78 valence electrons. The molecule has 0 aromatic heterocycles. The third-order valence-electron chi connectivity index (χ3n) is 2.72. The fourth-order valence-electron chi connectivity index (χ4n) is 2.08. The highest BCUT2D eigenvalue weighted by molar-refractivity contribution is 5.65. The Morgan fingerprint density at radius 2 is 2.07 bits per heavy atom. The molecule has 2 rings (SSSR count). The van der Waals surface area contributed by atoms with Crippen molar-refractivity contribution in [2.45, 2.75) is 13.8 Å². The van der Waals surface area contributed by atoms with Crippen molar-refractivity contribution in [3.05, 3.63) is 23.8 Å². The van der Waals surface area contributed by atoms with E-state index in [2.05, 4.69) is 24.8 Å². The zero-order valence-electron chi connectivity index (χ0n) is 9.12. The molecule has 0 spiro atoms. The van der Waals surface area contributed by atoms with Crippen LogP contribution in [0.5, 0.6) is 0 Å². The molecule has 0 atom stereocenters. The lowest BCUT2D eigenvalue weighted by Gasteiger charge is -2.47. The van der Waals surface area contributed by atoms with Gasteiger partial charge in [-0.25, -0.2) is 0 Å². The predicted molar refractivity (Wildman–Crippen MR) is 61.6 cm³/mol. The molecule has 1 heterocycles. The first kappa shape index (κ1) is 9.85. The van der Waals surface area contributed by atoms with E-state index < -0.39 is 0 Å². The predicted octanol–water partition coefficient (Wildman–Crippen LogP) is 1.99. The molecule has 0 aliphatic carbocycles. The van der Waals surface area contributed by atoms with E-state index in [1.54, 1.807) is 6.07 Å². The smallest absolute Gasteiger partial charge is 0.101 e. The van der Waals surface area contributed by atoms with Crippen LogP contribution >= 0.6 is 0 Å². The molecule has 0 amide bonds. The van der Waals surface area contributed by atoms with Crippen LogP contribution in [-0.4, -0.2) is 13.1 Å². The van der Waals surface area contributed by atoms with E-state index in [0.29, 0.717) is 16.7 Å². The lowest BCUT2D eigenvalue weighted by atomic mass is 9.83. The molecule has 1 aliphatic rings. The highest BCUT2D eigenvalue weighted by atomic mass is 15.2. The second-order valence-corrected chi connectivity index (χ2v) is 4.91. The first-order chi connectivity index (χ1) is 7.02. The average molecular weight is 201 g/mol. The van der Waals surface area contributed by atoms with Crippen LogP contribution in [-0.2, 0) is 0 Å². The molecule has 15 heavy (non-hydrogen) atoms. The van der Waals surface area contributed by atoms with Crippen LogP contribution in [0, 0.1) is 16.7 Å². The number of benzene rings is 1. The van der Waals surface area contributed by atoms with Crippen molar-refractivity contribution in [1.29, 1.82) is 5.26 Å². The molecular weight excluding hydrogens is 186 g/mol. The molecule has 1 aromatic carbocycles. The van der Waals surface area contributed by atoms with Crippen LogP contribution in [0.4, 0.5) is 11.4 Å². The minimum Gasteiger partial charge on any atom is -0.399 e. The zero-order valence-corrected chi connectivity index (χ0v) is 9.12. The highest BCUT2D eigenvalue weighted by Crippen LogP contribution is 2.35. The summed E-state index contributed by atoms with van der Waals surface area (Å²) >= 11 is 0. The van der Waals surface area contributed by atoms with Gasteiger partial charge in [0.2, 0.25) is 0 Å². The second-order valence-electron chi connectivity index (χ2n) is 4.91. The van der Waals surface area contributed by atoms with Crippen molar-refractivity contribution in [3.63, 3.8) is 0 Å². The fourth-order valence-corrected chi connectivity index (χ4v) is 2.08. The van der Waals surface area contributed by atoms with Gasteiger partial charge in [-0.05, 0) is 23.6 Å². The van der Waals surface area contributed by atoms with Gasteiger partial charge in [-0.2, -0.15) is 5.26 Å². The standard InChI is InChI=1S/C12H15N3/c1-12(2)7-15(8-12)11-4-3-10(14)5-9(11)6-13/h3-5H,7-8,14H2,1-2H3. The molecule has 0 bridgehead atoms. The lowest BCUT2D eigenvalue weighted by molar-refractivity contribution is 0.276. The molecule has 1 aromatic rings. The summed E-state index contributed by atoms with van der Waals surface area (Å²) in [6, 6.07) is 7.71. The minimum atomic E-state index is 0.369. The number of nitrogens with zero attached hydrogens (tertiary/aromatic N) is 2. The molecule has 0 radical (unpaired) electrons. The van der Waals surface area contributed by atoms with Crippen molar-refractivity contribution in [3.8, 4) is 6.07 Å². The largest absolute Gasteiger partial charge is 0.399 e. The maximum atomic E-state index is 9.01. The molecule has 1 fully saturated rings. The Morgan fingerprint density at radius 3 is 2.60 bits per heavy atom. The van der Waals surface area contributed by atoms with Crippen molar-refractivity contribution in [2.75, 3.05) is 23.7 Å². The monoisotopic (exact) mass is 201 g/mol. The van der Waals surface area contributed by atoms with Crippen LogP contribution < -0.4 is 10.6 Å². The number of nitrogen functional groups attached to an aromatic ring is 1. The van der Waals surface area contributed by atoms with E-state index in [9.17, 15) is 0 Å². The van der Waals surface area contributed by atoms with Gasteiger partial charge in [-0.1, -0.05) is 13.8 Å². The second kappa shape index (κ2) is 3.16. The number of anilines is 2. The van der Waals surface area contributed by atoms with E-state index in [0.717, 1.165) is 18.8 Å². The molecule has 0 saturated carbocycles. The Hall–Kier alpha value is -1.69. The van der Waals surface area contributed by atoms with Crippen molar-refractivity contribution >= 4 is 11.4 Å². The van der Waals surface area contributed by atoms with Gasteiger partial charge in [0.05, 0.1) is 11.3 Å². The number of nitriles is 1. The van der Waals surface area contributed by atoms with Gasteiger partial charge in [0.15, 0.2) is 0 Å². The summed E-state index contributed by atoms with van der Waals surface area (Å²) in [6.07, 6.45) is 0. The first-order valence-electron chi connectivity index (χ1n) is 5.06. The molecular formula is C12H15N3. The third kappa shape index (κ3) is 1.75. The van der Waals surface area contributed by atoms with E-state index in [1.165, 1.54) is 0 Å². The van der Waals surface area contributed by atoms with Gasteiger partial charge in [-0.3, -0.25) is 0 Å². The summed E-state index contributed by atoms with van der Waals surface area (Å²) < 4.78 is 0. The molecule has 2 N–H and O–H groups in total. The Balaban J connectivity index is 2.27. The maximum absolute atomic E-state index is 9.01. The van der Waals surface area contributed by atoms with Gasteiger partial charge < -0.3 is 10.6 Å². The summed E-state index contributed by atoms with van der Waals surface area (Å²) in [5.41, 5.74) is 8.34. The lowest BCUT2D eigenvalue weighted by Crippen LogP contribution is -2.53. The van der Waals surface area contributed by atoms with Crippen LogP contribution in [0.1, 0.15) is 19.4 Å². The zero-order chi connectivity index (χ0) is 11.1. The number of hydrogen-bond acceptors (Lipinski definition) is 3. The van der Waals surface area contributed by atoms with Crippen LogP contribution in [0.2, 0.25) is 0 Å². The number of nitrogens with two attached hydrogens (primary N) is 1. The number of hydrogen-bond donors (Lipinski definition) is 1. The molecule has 3 heteroatoms. The summed E-state index contributed by atoms with van der Waals surface area (Å²) in [5, 5.41) is 9.01. The molecule has 1 saturated heterocycles. The summed E-state index contributed by atoms with van der Waals surface area (Å²) in [7, 11) is 0. The van der Waals surface area contributed by atoms with Gasteiger partial charge in [0.1, 0.15) is 6.07 Å². The van der Waals surface area contributed by atoms with Gasteiger partial charge >= 0.3 is 0 Å². The van der Waals surface area contributed by atoms with Crippen molar-refractivity contribution in [2.24, 2.45) is 5.41 Å². The Labute approximate surface area is 90.1 Å².